The first kappa shape index (κ1) is 8.72. The third-order valence-corrected chi connectivity index (χ3v) is 1.96. The smallest absolute Gasteiger partial charge is 0.245 e. The second kappa shape index (κ2) is 3.54. The molecule has 0 spiro atoms. The number of hydrogen-bond acceptors (Lipinski definition) is 6. The first-order chi connectivity index (χ1) is 7.93. The Morgan fingerprint density at radius 2 is 2.19 bits per heavy atom. The van der Waals surface area contributed by atoms with Crippen LogP contribution >= 0.6 is 0 Å². The number of tetrazole rings is 1. The molecule has 3 aromatic rings. The lowest BCUT2D eigenvalue weighted by Gasteiger charge is -1.90. The fraction of sp³-hybridized carbons (Fsp3) is 0. The van der Waals surface area contributed by atoms with Crippen molar-refractivity contribution in [3.05, 3.63) is 30.7 Å². The fourth-order valence-corrected chi connectivity index (χ4v) is 1.25. The first-order valence-corrected chi connectivity index (χ1v) is 4.54. The van der Waals surface area contributed by atoms with Gasteiger partial charge in [-0.25, -0.2) is 4.98 Å². The molecular formula is C9H6N6O. The Morgan fingerprint density at radius 1 is 1.19 bits per heavy atom. The Kier molecular flexibility index (Phi) is 1.93. The Hall–Kier alpha value is -2.57. The van der Waals surface area contributed by atoms with Gasteiger partial charge < -0.3 is 4.42 Å². The molecule has 0 unspecified atom stereocenters. The second-order valence-electron chi connectivity index (χ2n) is 2.99. The van der Waals surface area contributed by atoms with Crippen LogP contribution in [0.3, 0.4) is 0 Å². The fourth-order valence-electron chi connectivity index (χ4n) is 1.25. The first-order valence-electron chi connectivity index (χ1n) is 4.54. The normalized spacial score (nSPS) is 10.5. The highest BCUT2D eigenvalue weighted by Crippen LogP contribution is 2.19. The third kappa shape index (κ3) is 1.44. The Labute approximate surface area is 89.6 Å². The summed E-state index contributed by atoms with van der Waals surface area (Å²) in [6.07, 6.45) is 3.14. The number of pyridine rings is 1. The van der Waals surface area contributed by atoms with E-state index in [1.165, 1.54) is 6.26 Å². The van der Waals surface area contributed by atoms with E-state index in [0.717, 1.165) is 0 Å². The molecule has 7 heteroatoms. The van der Waals surface area contributed by atoms with E-state index in [-0.39, 0.29) is 0 Å². The molecule has 0 aliphatic carbocycles. The van der Waals surface area contributed by atoms with E-state index >= 15 is 0 Å². The van der Waals surface area contributed by atoms with Gasteiger partial charge >= 0.3 is 0 Å². The molecule has 7 nitrogen and oxygen atoms in total. The van der Waals surface area contributed by atoms with Crippen LogP contribution in [-0.4, -0.2) is 30.6 Å². The number of H-pyrrole nitrogens is 1. The van der Waals surface area contributed by atoms with Crippen molar-refractivity contribution in [2.75, 3.05) is 0 Å². The van der Waals surface area contributed by atoms with Crippen LogP contribution in [-0.2, 0) is 0 Å². The van der Waals surface area contributed by atoms with Gasteiger partial charge in [-0.2, -0.15) is 5.21 Å². The highest BCUT2D eigenvalue weighted by Gasteiger charge is 2.11. The lowest BCUT2D eigenvalue weighted by molar-refractivity contribution is 0.572. The van der Waals surface area contributed by atoms with Crippen molar-refractivity contribution in [1.82, 2.24) is 30.6 Å². The highest BCUT2D eigenvalue weighted by molar-refractivity contribution is 5.53. The maximum atomic E-state index is 5.28. The summed E-state index contributed by atoms with van der Waals surface area (Å²) < 4.78 is 5.28. The molecule has 0 bridgehead atoms. The SMILES string of the molecule is c1ccc(-c2nc(-c3nn[nH]n3)co2)nc1. The Bertz CT molecular complexity index is 573. The maximum Gasteiger partial charge on any atom is 0.245 e. The number of nitrogens with zero attached hydrogens (tertiary/aromatic N) is 5. The topological polar surface area (TPSA) is 93.4 Å². The molecule has 0 atom stereocenters. The van der Waals surface area contributed by atoms with Crippen molar-refractivity contribution < 1.29 is 4.42 Å². The largest absolute Gasteiger partial charge is 0.443 e. The van der Waals surface area contributed by atoms with Crippen molar-refractivity contribution in [2.45, 2.75) is 0 Å². The minimum atomic E-state index is 0.394. The van der Waals surface area contributed by atoms with Gasteiger partial charge in [0, 0.05) is 6.20 Å². The number of nitrogens with one attached hydrogen (secondary N) is 1. The molecule has 0 aromatic carbocycles. The lowest BCUT2D eigenvalue weighted by Crippen LogP contribution is -1.83. The molecule has 0 saturated carbocycles. The van der Waals surface area contributed by atoms with Gasteiger partial charge in [0.2, 0.25) is 11.7 Å². The van der Waals surface area contributed by atoms with Gasteiger partial charge in [-0.05, 0) is 17.3 Å². The molecule has 3 heterocycles. The summed E-state index contributed by atoms with van der Waals surface area (Å²) in [5.41, 5.74) is 1.19. The van der Waals surface area contributed by atoms with Gasteiger partial charge in [0.1, 0.15) is 12.0 Å². The van der Waals surface area contributed by atoms with E-state index in [0.29, 0.717) is 23.1 Å². The summed E-state index contributed by atoms with van der Waals surface area (Å²) in [7, 11) is 0. The zero-order chi connectivity index (χ0) is 10.8. The third-order valence-electron chi connectivity index (χ3n) is 1.96. The van der Waals surface area contributed by atoms with Crippen LogP contribution < -0.4 is 0 Å². The van der Waals surface area contributed by atoms with Crippen molar-refractivity contribution >= 4 is 0 Å². The summed E-state index contributed by atoms with van der Waals surface area (Å²) in [6, 6.07) is 5.50. The molecule has 0 aliphatic heterocycles. The molecule has 0 aliphatic rings. The predicted molar refractivity (Wildman–Crippen MR) is 52.9 cm³/mol. The van der Waals surface area contributed by atoms with Crippen LogP contribution in [0.5, 0.6) is 0 Å². The zero-order valence-electron chi connectivity index (χ0n) is 8.03. The Morgan fingerprint density at radius 3 is 2.94 bits per heavy atom. The van der Waals surface area contributed by atoms with E-state index in [1.54, 1.807) is 6.20 Å². The van der Waals surface area contributed by atoms with Crippen molar-refractivity contribution in [3.63, 3.8) is 0 Å². The Balaban J connectivity index is 2.00. The summed E-state index contributed by atoms with van der Waals surface area (Å²) >= 11 is 0. The molecular weight excluding hydrogens is 208 g/mol. The monoisotopic (exact) mass is 214 g/mol. The standard InChI is InChI=1S/C9H6N6O/c1-2-4-10-6(3-1)9-11-7(5-16-9)8-12-14-15-13-8/h1-5H,(H,12,13,14,15). The number of hydrogen-bond donors (Lipinski definition) is 1. The van der Waals surface area contributed by atoms with E-state index < -0.39 is 0 Å². The molecule has 78 valence electrons. The van der Waals surface area contributed by atoms with Crippen LogP contribution in [0.1, 0.15) is 0 Å². The van der Waals surface area contributed by atoms with Gasteiger partial charge in [-0.3, -0.25) is 4.98 Å². The molecule has 16 heavy (non-hydrogen) atoms. The highest BCUT2D eigenvalue weighted by atomic mass is 16.3. The number of aromatic nitrogens is 6. The summed E-state index contributed by atoms with van der Waals surface area (Å²) in [4.78, 5) is 8.33. The average Bonchev–Trinajstić information content (AvgIpc) is 3.01. The van der Waals surface area contributed by atoms with E-state index in [9.17, 15) is 0 Å². The molecule has 0 amide bonds. The van der Waals surface area contributed by atoms with Crippen LogP contribution in [0.15, 0.2) is 35.1 Å². The van der Waals surface area contributed by atoms with Gasteiger partial charge in [-0.15, -0.1) is 10.2 Å². The maximum absolute atomic E-state index is 5.28. The molecule has 0 radical (unpaired) electrons. The van der Waals surface area contributed by atoms with Crippen LogP contribution in [0.25, 0.3) is 23.1 Å². The van der Waals surface area contributed by atoms with E-state index in [2.05, 4.69) is 30.6 Å². The van der Waals surface area contributed by atoms with Gasteiger partial charge in [0.05, 0.1) is 0 Å². The van der Waals surface area contributed by atoms with Crippen molar-refractivity contribution in [1.29, 1.82) is 0 Å². The van der Waals surface area contributed by atoms with Gasteiger partial charge in [0.15, 0.2) is 5.69 Å². The second-order valence-corrected chi connectivity index (χ2v) is 2.99. The van der Waals surface area contributed by atoms with Crippen LogP contribution in [0, 0.1) is 0 Å². The molecule has 3 aromatic heterocycles. The van der Waals surface area contributed by atoms with Gasteiger partial charge in [0.25, 0.3) is 0 Å². The van der Waals surface area contributed by atoms with E-state index in [1.807, 2.05) is 18.2 Å². The summed E-state index contributed by atoms with van der Waals surface area (Å²) in [5.74, 6) is 0.825. The number of oxazole rings is 1. The zero-order valence-corrected chi connectivity index (χ0v) is 8.03. The minimum Gasteiger partial charge on any atom is -0.443 e. The van der Waals surface area contributed by atoms with Crippen LogP contribution in [0.4, 0.5) is 0 Å². The molecule has 1 N–H and O–H groups in total. The molecule has 3 rings (SSSR count). The summed E-state index contributed by atoms with van der Waals surface area (Å²) in [5, 5.41) is 13.4. The number of rotatable bonds is 2. The lowest BCUT2D eigenvalue weighted by atomic mass is 10.3. The van der Waals surface area contributed by atoms with Crippen molar-refractivity contribution in [2.24, 2.45) is 0 Å². The van der Waals surface area contributed by atoms with E-state index in [4.69, 9.17) is 4.42 Å². The average molecular weight is 214 g/mol. The van der Waals surface area contributed by atoms with Gasteiger partial charge in [-0.1, -0.05) is 6.07 Å². The summed E-state index contributed by atoms with van der Waals surface area (Å²) in [6.45, 7) is 0. The van der Waals surface area contributed by atoms with Crippen molar-refractivity contribution in [3.8, 4) is 23.1 Å². The molecule has 0 fully saturated rings. The quantitative estimate of drug-likeness (QED) is 0.681. The molecule has 0 saturated heterocycles. The number of aromatic amines is 1. The predicted octanol–water partition coefficient (Wildman–Crippen LogP) is 0.917. The van der Waals surface area contributed by atoms with Crippen LogP contribution in [0.2, 0.25) is 0 Å². The minimum absolute atomic E-state index is 0.394.